The highest BCUT2D eigenvalue weighted by molar-refractivity contribution is 9.10. The molecule has 0 radical (unpaired) electrons. The SMILES string of the molecule is CS(=O)(=O)NCC1CCCN(C(=O)c2ccc(Br)cc2N)C1. The van der Waals surface area contributed by atoms with E-state index in [1.54, 1.807) is 23.1 Å². The number of sulfonamides is 1. The minimum atomic E-state index is -3.20. The number of carbonyl (C=O) groups is 1. The molecule has 0 saturated carbocycles. The smallest absolute Gasteiger partial charge is 0.255 e. The number of amides is 1. The summed E-state index contributed by atoms with van der Waals surface area (Å²) in [5, 5.41) is 0. The van der Waals surface area contributed by atoms with Crippen molar-refractivity contribution in [1.82, 2.24) is 9.62 Å². The molecule has 0 spiro atoms. The standard InChI is InChI=1S/C14H20BrN3O3S/c1-22(20,21)17-8-10-3-2-6-18(9-10)14(19)12-5-4-11(15)7-13(12)16/h4-5,7,10,17H,2-3,6,8-9,16H2,1H3. The van der Waals surface area contributed by atoms with Crippen LogP contribution in [0.25, 0.3) is 0 Å². The third-order valence-corrected chi connectivity index (χ3v) is 4.87. The molecule has 2 rings (SSSR count). The summed E-state index contributed by atoms with van der Waals surface area (Å²) in [7, 11) is -3.20. The molecule has 3 N–H and O–H groups in total. The van der Waals surface area contributed by atoms with Gasteiger partial charge in [-0.25, -0.2) is 13.1 Å². The minimum absolute atomic E-state index is 0.103. The first-order chi connectivity index (χ1) is 10.3. The molecule has 122 valence electrons. The third kappa shape index (κ3) is 4.69. The highest BCUT2D eigenvalue weighted by Crippen LogP contribution is 2.23. The number of hydrogen-bond acceptors (Lipinski definition) is 4. The number of carbonyl (C=O) groups excluding carboxylic acids is 1. The molecule has 1 fully saturated rings. The molecule has 8 heteroatoms. The Morgan fingerprint density at radius 1 is 1.50 bits per heavy atom. The van der Waals surface area contributed by atoms with Gasteiger partial charge in [-0.3, -0.25) is 4.79 Å². The van der Waals surface area contributed by atoms with Gasteiger partial charge in [0.2, 0.25) is 10.0 Å². The van der Waals surface area contributed by atoms with E-state index in [9.17, 15) is 13.2 Å². The monoisotopic (exact) mass is 389 g/mol. The Morgan fingerprint density at radius 2 is 2.23 bits per heavy atom. The summed E-state index contributed by atoms with van der Waals surface area (Å²) in [6, 6.07) is 5.20. The number of nitrogens with one attached hydrogen (secondary N) is 1. The lowest BCUT2D eigenvalue weighted by Crippen LogP contribution is -2.43. The van der Waals surface area contributed by atoms with Crippen LogP contribution in [0.4, 0.5) is 5.69 Å². The Bertz CT molecular complexity index is 663. The van der Waals surface area contributed by atoms with E-state index >= 15 is 0 Å². The average molecular weight is 390 g/mol. The Balaban J connectivity index is 2.03. The molecular weight excluding hydrogens is 370 g/mol. The van der Waals surface area contributed by atoms with Gasteiger partial charge in [-0.2, -0.15) is 0 Å². The minimum Gasteiger partial charge on any atom is -0.398 e. The fourth-order valence-electron chi connectivity index (χ4n) is 2.58. The molecule has 0 aromatic heterocycles. The van der Waals surface area contributed by atoms with E-state index in [2.05, 4.69) is 20.7 Å². The molecular formula is C14H20BrN3O3S. The van der Waals surface area contributed by atoms with Crippen LogP contribution in [0.5, 0.6) is 0 Å². The number of rotatable bonds is 4. The number of piperidine rings is 1. The van der Waals surface area contributed by atoms with Crippen molar-refractivity contribution in [2.75, 3.05) is 31.6 Å². The number of likely N-dealkylation sites (tertiary alicyclic amines) is 1. The normalized spacial score (nSPS) is 19.2. The predicted octanol–water partition coefficient (Wildman–Crippen LogP) is 1.43. The van der Waals surface area contributed by atoms with Gasteiger partial charge in [-0.05, 0) is 37.0 Å². The zero-order valence-electron chi connectivity index (χ0n) is 12.4. The Hall–Kier alpha value is -1.12. The van der Waals surface area contributed by atoms with Gasteiger partial charge in [-0.15, -0.1) is 0 Å². The lowest BCUT2D eigenvalue weighted by atomic mass is 9.97. The Labute approximate surface area is 139 Å². The summed E-state index contributed by atoms with van der Waals surface area (Å²) in [6.07, 6.45) is 2.90. The van der Waals surface area contributed by atoms with Crippen molar-refractivity contribution >= 4 is 37.5 Å². The first kappa shape index (κ1) is 17.2. The number of nitrogens with zero attached hydrogens (tertiary/aromatic N) is 1. The van der Waals surface area contributed by atoms with E-state index in [1.807, 2.05) is 0 Å². The highest BCUT2D eigenvalue weighted by Gasteiger charge is 2.26. The molecule has 1 aliphatic heterocycles. The van der Waals surface area contributed by atoms with Crippen molar-refractivity contribution in [2.24, 2.45) is 5.92 Å². The van der Waals surface area contributed by atoms with E-state index < -0.39 is 10.0 Å². The van der Waals surface area contributed by atoms with Crippen LogP contribution in [0.2, 0.25) is 0 Å². The topological polar surface area (TPSA) is 92.5 Å². The van der Waals surface area contributed by atoms with Gasteiger partial charge < -0.3 is 10.6 Å². The van der Waals surface area contributed by atoms with Crippen molar-refractivity contribution < 1.29 is 13.2 Å². The second-order valence-electron chi connectivity index (χ2n) is 5.61. The fraction of sp³-hybridized carbons (Fsp3) is 0.500. The predicted molar refractivity (Wildman–Crippen MR) is 90.0 cm³/mol. The number of nitrogens with two attached hydrogens (primary N) is 1. The van der Waals surface area contributed by atoms with E-state index in [0.29, 0.717) is 30.9 Å². The molecule has 1 amide bonds. The third-order valence-electron chi connectivity index (χ3n) is 3.68. The number of halogens is 1. The van der Waals surface area contributed by atoms with Crippen LogP contribution in [0.3, 0.4) is 0 Å². The number of anilines is 1. The zero-order valence-corrected chi connectivity index (χ0v) is 14.8. The zero-order chi connectivity index (χ0) is 16.3. The molecule has 1 aliphatic rings. The number of benzene rings is 1. The van der Waals surface area contributed by atoms with Crippen molar-refractivity contribution in [3.63, 3.8) is 0 Å². The Morgan fingerprint density at radius 3 is 2.86 bits per heavy atom. The van der Waals surface area contributed by atoms with Gasteiger partial charge in [0.05, 0.1) is 11.8 Å². The lowest BCUT2D eigenvalue weighted by molar-refractivity contribution is 0.0677. The van der Waals surface area contributed by atoms with Crippen LogP contribution in [0.1, 0.15) is 23.2 Å². The van der Waals surface area contributed by atoms with Crippen LogP contribution >= 0.6 is 15.9 Å². The summed E-state index contributed by atoms with van der Waals surface area (Å²) < 4.78 is 25.7. The molecule has 1 unspecified atom stereocenters. The first-order valence-corrected chi connectivity index (χ1v) is 9.73. The molecule has 1 aromatic carbocycles. The van der Waals surface area contributed by atoms with Gasteiger partial charge in [-0.1, -0.05) is 15.9 Å². The van der Waals surface area contributed by atoms with Crippen molar-refractivity contribution in [2.45, 2.75) is 12.8 Å². The first-order valence-electron chi connectivity index (χ1n) is 7.05. The van der Waals surface area contributed by atoms with Gasteiger partial charge in [0.1, 0.15) is 0 Å². The molecule has 6 nitrogen and oxygen atoms in total. The van der Waals surface area contributed by atoms with Crippen LogP contribution in [-0.2, 0) is 10.0 Å². The summed E-state index contributed by atoms with van der Waals surface area (Å²) in [4.78, 5) is 14.3. The van der Waals surface area contributed by atoms with Gasteiger partial charge >= 0.3 is 0 Å². The molecule has 22 heavy (non-hydrogen) atoms. The van der Waals surface area contributed by atoms with Crippen molar-refractivity contribution in [3.8, 4) is 0 Å². The van der Waals surface area contributed by atoms with Crippen LogP contribution in [0, 0.1) is 5.92 Å². The second kappa shape index (κ2) is 6.97. The maximum Gasteiger partial charge on any atom is 0.255 e. The van der Waals surface area contributed by atoms with Crippen molar-refractivity contribution in [3.05, 3.63) is 28.2 Å². The van der Waals surface area contributed by atoms with E-state index in [0.717, 1.165) is 23.6 Å². The molecule has 0 bridgehead atoms. The van der Waals surface area contributed by atoms with Gasteiger partial charge in [0.15, 0.2) is 0 Å². The summed E-state index contributed by atoms with van der Waals surface area (Å²) in [5.74, 6) is 0.0261. The number of nitrogen functional groups attached to an aromatic ring is 1. The van der Waals surface area contributed by atoms with Crippen LogP contribution in [-0.4, -0.2) is 45.1 Å². The summed E-state index contributed by atoms with van der Waals surface area (Å²) in [6.45, 7) is 1.57. The maximum atomic E-state index is 12.6. The van der Waals surface area contributed by atoms with E-state index in [1.165, 1.54) is 0 Å². The molecule has 1 heterocycles. The van der Waals surface area contributed by atoms with Crippen LogP contribution in [0.15, 0.2) is 22.7 Å². The Kier molecular flexibility index (Phi) is 5.46. The van der Waals surface area contributed by atoms with E-state index in [4.69, 9.17) is 5.73 Å². The molecule has 0 aliphatic carbocycles. The molecule has 1 saturated heterocycles. The lowest BCUT2D eigenvalue weighted by Gasteiger charge is -2.33. The van der Waals surface area contributed by atoms with Gasteiger partial charge in [0, 0.05) is 29.8 Å². The quantitative estimate of drug-likeness (QED) is 0.761. The summed E-state index contributed by atoms with van der Waals surface area (Å²) >= 11 is 3.32. The van der Waals surface area contributed by atoms with Gasteiger partial charge in [0.25, 0.3) is 5.91 Å². The average Bonchev–Trinajstić information content (AvgIpc) is 2.44. The van der Waals surface area contributed by atoms with Crippen molar-refractivity contribution in [1.29, 1.82) is 0 Å². The molecule has 1 aromatic rings. The highest BCUT2D eigenvalue weighted by atomic mass is 79.9. The molecule has 1 atom stereocenters. The van der Waals surface area contributed by atoms with E-state index in [-0.39, 0.29) is 11.8 Å². The second-order valence-corrected chi connectivity index (χ2v) is 8.36. The fourth-order valence-corrected chi connectivity index (χ4v) is 3.50. The number of hydrogen-bond donors (Lipinski definition) is 2. The summed E-state index contributed by atoms with van der Waals surface area (Å²) in [5.41, 5.74) is 6.84. The van der Waals surface area contributed by atoms with Crippen LogP contribution < -0.4 is 10.5 Å². The largest absolute Gasteiger partial charge is 0.398 e. The maximum absolute atomic E-state index is 12.6.